The minimum Gasteiger partial charge on any atom is -0.399 e. The molecule has 1 saturated carbocycles. The lowest BCUT2D eigenvalue weighted by molar-refractivity contribution is -0.116. The maximum atomic E-state index is 11.8. The van der Waals surface area contributed by atoms with Crippen molar-refractivity contribution in [2.45, 2.75) is 19.3 Å². The largest absolute Gasteiger partial charge is 0.399 e. The predicted molar refractivity (Wildman–Crippen MR) is 73.9 cm³/mol. The van der Waals surface area contributed by atoms with Crippen molar-refractivity contribution in [1.82, 2.24) is 9.78 Å². The number of nitrogens with one attached hydrogen (secondary N) is 1. The third-order valence-electron chi connectivity index (χ3n) is 3.22. The molecular formula is C14H16N4O. The Morgan fingerprint density at radius 3 is 2.74 bits per heavy atom. The molecule has 19 heavy (non-hydrogen) atoms. The molecule has 3 rings (SSSR count). The molecule has 0 unspecified atom stereocenters. The number of hydrogen-bond acceptors (Lipinski definition) is 3. The van der Waals surface area contributed by atoms with Gasteiger partial charge in [-0.1, -0.05) is 0 Å². The molecule has 1 aliphatic carbocycles. The van der Waals surface area contributed by atoms with E-state index in [9.17, 15) is 4.79 Å². The van der Waals surface area contributed by atoms with Crippen LogP contribution in [0.25, 0.3) is 5.69 Å². The molecule has 1 aliphatic rings. The van der Waals surface area contributed by atoms with E-state index in [1.165, 1.54) is 12.8 Å². The summed E-state index contributed by atoms with van der Waals surface area (Å²) in [6.45, 7) is 0. The van der Waals surface area contributed by atoms with Gasteiger partial charge in [0.2, 0.25) is 5.91 Å². The highest BCUT2D eigenvalue weighted by atomic mass is 16.1. The van der Waals surface area contributed by atoms with E-state index in [1.54, 1.807) is 16.9 Å². The van der Waals surface area contributed by atoms with Crippen molar-refractivity contribution in [3.63, 3.8) is 0 Å². The molecule has 0 aliphatic heterocycles. The van der Waals surface area contributed by atoms with E-state index in [-0.39, 0.29) is 5.91 Å². The molecule has 2 aromatic rings. The van der Waals surface area contributed by atoms with Crippen molar-refractivity contribution in [2.24, 2.45) is 5.92 Å². The van der Waals surface area contributed by atoms with E-state index < -0.39 is 0 Å². The number of aromatic nitrogens is 2. The van der Waals surface area contributed by atoms with Crippen LogP contribution in [0.3, 0.4) is 0 Å². The van der Waals surface area contributed by atoms with Crippen LogP contribution in [0.15, 0.2) is 36.5 Å². The number of benzene rings is 1. The zero-order valence-electron chi connectivity index (χ0n) is 10.5. The Morgan fingerprint density at radius 1 is 1.32 bits per heavy atom. The van der Waals surface area contributed by atoms with Gasteiger partial charge in [-0.2, -0.15) is 5.10 Å². The summed E-state index contributed by atoms with van der Waals surface area (Å²) in [4.78, 5) is 11.8. The van der Waals surface area contributed by atoms with E-state index in [0.717, 1.165) is 5.69 Å². The molecule has 98 valence electrons. The zero-order valence-corrected chi connectivity index (χ0v) is 10.5. The molecule has 1 fully saturated rings. The Kier molecular flexibility index (Phi) is 2.95. The highest BCUT2D eigenvalue weighted by Gasteiger charge is 2.24. The molecule has 0 radical (unpaired) electrons. The Balaban J connectivity index is 1.77. The molecule has 0 saturated heterocycles. The first-order valence-corrected chi connectivity index (χ1v) is 6.42. The molecule has 1 heterocycles. The highest BCUT2D eigenvalue weighted by molar-refractivity contribution is 5.90. The molecule has 1 amide bonds. The lowest BCUT2D eigenvalue weighted by Gasteiger charge is -2.09. The Morgan fingerprint density at radius 2 is 2.05 bits per heavy atom. The van der Waals surface area contributed by atoms with Gasteiger partial charge in [0.05, 0.1) is 11.9 Å². The van der Waals surface area contributed by atoms with Crippen LogP contribution in [-0.4, -0.2) is 15.7 Å². The van der Waals surface area contributed by atoms with Crippen molar-refractivity contribution in [2.75, 3.05) is 11.1 Å². The topological polar surface area (TPSA) is 72.9 Å². The number of nitrogen functional groups attached to an aromatic ring is 1. The van der Waals surface area contributed by atoms with E-state index >= 15 is 0 Å². The number of anilines is 2. The van der Waals surface area contributed by atoms with Gasteiger partial charge in [-0.3, -0.25) is 4.79 Å². The highest BCUT2D eigenvalue weighted by Crippen LogP contribution is 2.32. The fourth-order valence-electron chi connectivity index (χ4n) is 2.00. The fourth-order valence-corrected chi connectivity index (χ4v) is 2.00. The normalized spacial score (nSPS) is 14.3. The van der Waals surface area contributed by atoms with Crippen LogP contribution in [0.1, 0.15) is 19.3 Å². The van der Waals surface area contributed by atoms with Gasteiger partial charge in [0.25, 0.3) is 0 Å². The summed E-state index contributed by atoms with van der Waals surface area (Å²) in [5.41, 5.74) is 7.24. The van der Waals surface area contributed by atoms with Crippen LogP contribution in [0.2, 0.25) is 0 Å². The van der Waals surface area contributed by atoms with Crippen LogP contribution in [0, 0.1) is 5.92 Å². The van der Waals surface area contributed by atoms with Gasteiger partial charge in [-0.05, 0) is 43.0 Å². The first-order valence-electron chi connectivity index (χ1n) is 6.42. The quantitative estimate of drug-likeness (QED) is 0.823. The zero-order chi connectivity index (χ0) is 13.2. The van der Waals surface area contributed by atoms with E-state index in [1.807, 2.05) is 24.3 Å². The van der Waals surface area contributed by atoms with E-state index in [0.29, 0.717) is 23.8 Å². The number of nitrogens with zero attached hydrogens (tertiary/aromatic N) is 2. The van der Waals surface area contributed by atoms with Gasteiger partial charge in [0.15, 0.2) is 0 Å². The van der Waals surface area contributed by atoms with E-state index in [2.05, 4.69) is 10.4 Å². The Hall–Kier alpha value is -2.30. The van der Waals surface area contributed by atoms with Gasteiger partial charge < -0.3 is 11.1 Å². The number of amides is 1. The molecule has 0 bridgehead atoms. The first-order chi connectivity index (χ1) is 9.22. The fraction of sp³-hybridized carbons (Fsp3) is 0.286. The second-order valence-electron chi connectivity index (χ2n) is 4.92. The van der Waals surface area contributed by atoms with Crippen LogP contribution in [0.4, 0.5) is 11.5 Å². The number of carbonyl (C=O) groups excluding carboxylic acids is 1. The van der Waals surface area contributed by atoms with Crippen molar-refractivity contribution in [3.05, 3.63) is 36.5 Å². The lowest BCUT2D eigenvalue weighted by Crippen LogP contribution is -2.15. The molecule has 5 heteroatoms. The molecule has 0 atom stereocenters. The third kappa shape index (κ3) is 2.76. The summed E-state index contributed by atoms with van der Waals surface area (Å²) < 4.78 is 1.70. The van der Waals surface area contributed by atoms with Crippen molar-refractivity contribution in [1.29, 1.82) is 0 Å². The summed E-state index contributed by atoms with van der Waals surface area (Å²) in [6, 6.07) is 9.17. The summed E-state index contributed by atoms with van der Waals surface area (Å²) in [5.74, 6) is 1.32. The van der Waals surface area contributed by atoms with Crippen molar-refractivity contribution < 1.29 is 4.79 Å². The standard InChI is InChI=1S/C14H16N4O/c15-11-3-5-12(6-4-11)18-13(7-8-16-18)17-14(19)9-10-1-2-10/h3-8,10H,1-2,9,15H2,(H,17,19). The van der Waals surface area contributed by atoms with Crippen LogP contribution >= 0.6 is 0 Å². The van der Waals surface area contributed by atoms with Gasteiger partial charge in [-0.15, -0.1) is 0 Å². The maximum Gasteiger partial charge on any atom is 0.225 e. The summed E-state index contributed by atoms with van der Waals surface area (Å²) in [7, 11) is 0. The predicted octanol–water partition coefficient (Wildman–Crippen LogP) is 2.19. The molecule has 3 N–H and O–H groups in total. The van der Waals surface area contributed by atoms with Crippen LogP contribution in [0.5, 0.6) is 0 Å². The number of carbonyl (C=O) groups is 1. The molecule has 1 aromatic heterocycles. The Labute approximate surface area is 111 Å². The number of rotatable bonds is 4. The van der Waals surface area contributed by atoms with Gasteiger partial charge >= 0.3 is 0 Å². The average Bonchev–Trinajstić information content (AvgIpc) is 3.08. The smallest absolute Gasteiger partial charge is 0.225 e. The molecule has 5 nitrogen and oxygen atoms in total. The lowest BCUT2D eigenvalue weighted by atomic mass is 10.3. The summed E-state index contributed by atoms with van der Waals surface area (Å²) >= 11 is 0. The van der Waals surface area contributed by atoms with Crippen LogP contribution in [-0.2, 0) is 4.79 Å². The van der Waals surface area contributed by atoms with Gasteiger partial charge in [0, 0.05) is 18.2 Å². The second-order valence-corrected chi connectivity index (χ2v) is 4.92. The first kappa shape index (κ1) is 11.8. The minimum atomic E-state index is 0.0553. The maximum absolute atomic E-state index is 11.8. The molecular weight excluding hydrogens is 240 g/mol. The van der Waals surface area contributed by atoms with Gasteiger partial charge in [0.1, 0.15) is 5.82 Å². The molecule has 1 aromatic carbocycles. The van der Waals surface area contributed by atoms with Gasteiger partial charge in [-0.25, -0.2) is 4.68 Å². The monoisotopic (exact) mass is 256 g/mol. The Bertz CT molecular complexity index is 584. The average molecular weight is 256 g/mol. The van der Waals surface area contributed by atoms with E-state index in [4.69, 9.17) is 5.73 Å². The SMILES string of the molecule is Nc1ccc(-n2nccc2NC(=O)CC2CC2)cc1. The second kappa shape index (κ2) is 4.76. The number of nitrogens with two attached hydrogens (primary N) is 1. The number of hydrogen-bond donors (Lipinski definition) is 2. The van der Waals surface area contributed by atoms with Crippen molar-refractivity contribution in [3.8, 4) is 5.69 Å². The molecule has 0 spiro atoms. The summed E-state index contributed by atoms with van der Waals surface area (Å²) in [6.07, 6.45) is 4.62. The third-order valence-corrected chi connectivity index (χ3v) is 3.22. The van der Waals surface area contributed by atoms with Crippen molar-refractivity contribution >= 4 is 17.4 Å². The van der Waals surface area contributed by atoms with Crippen LogP contribution < -0.4 is 11.1 Å². The minimum absolute atomic E-state index is 0.0553. The summed E-state index contributed by atoms with van der Waals surface area (Å²) in [5, 5.41) is 7.13.